The molecule has 0 amide bonds. The van der Waals surface area contributed by atoms with Gasteiger partial charge in [0.05, 0.1) is 5.59 Å². The van der Waals surface area contributed by atoms with Gasteiger partial charge in [0.2, 0.25) is 0 Å². The van der Waals surface area contributed by atoms with Crippen LogP contribution in [-0.4, -0.2) is 22.2 Å². The minimum atomic E-state index is -1.45. The second-order valence-electron chi connectivity index (χ2n) is 1.63. The van der Waals surface area contributed by atoms with Crippen molar-refractivity contribution in [2.75, 3.05) is 0 Å². The molecular formula is C5H6BNO2Os. The quantitative estimate of drug-likeness (QED) is 0.638. The number of pyridine rings is 1. The van der Waals surface area contributed by atoms with E-state index in [0.717, 1.165) is 0 Å². The summed E-state index contributed by atoms with van der Waals surface area (Å²) >= 11 is 0. The summed E-state index contributed by atoms with van der Waals surface area (Å²) in [6.45, 7) is 0. The van der Waals surface area contributed by atoms with Gasteiger partial charge in [-0.2, -0.15) is 0 Å². The molecule has 3 nitrogen and oxygen atoms in total. The normalized spacial score (nSPS) is 8.20. The molecule has 0 aliphatic carbocycles. The topological polar surface area (TPSA) is 53.4 Å². The van der Waals surface area contributed by atoms with Crippen molar-refractivity contribution in [3.05, 3.63) is 24.4 Å². The Morgan fingerprint density at radius 2 is 2.00 bits per heavy atom. The molecule has 1 heterocycles. The summed E-state index contributed by atoms with van der Waals surface area (Å²) in [5.41, 5.74) is 0.275. The SMILES string of the molecule is OB(O)c1ccccn1.[Os]. The number of rotatable bonds is 1. The van der Waals surface area contributed by atoms with Crippen LogP contribution in [0.15, 0.2) is 24.4 Å². The average molecular weight is 313 g/mol. The second-order valence-corrected chi connectivity index (χ2v) is 1.63. The van der Waals surface area contributed by atoms with E-state index in [1.54, 1.807) is 18.2 Å². The summed E-state index contributed by atoms with van der Waals surface area (Å²) in [6.07, 6.45) is 1.51. The van der Waals surface area contributed by atoms with Gasteiger partial charge in [0.1, 0.15) is 0 Å². The fraction of sp³-hybridized carbons (Fsp3) is 0. The van der Waals surface area contributed by atoms with Crippen molar-refractivity contribution in [3.63, 3.8) is 0 Å². The molecule has 0 atom stereocenters. The summed E-state index contributed by atoms with van der Waals surface area (Å²) in [5.74, 6) is 0. The van der Waals surface area contributed by atoms with Gasteiger partial charge in [0, 0.05) is 26.0 Å². The number of nitrogens with zero attached hydrogens (tertiary/aromatic N) is 1. The fourth-order valence-corrected chi connectivity index (χ4v) is 0.529. The van der Waals surface area contributed by atoms with E-state index in [9.17, 15) is 0 Å². The molecule has 2 N–H and O–H groups in total. The molecule has 0 saturated carbocycles. The molecule has 1 aromatic rings. The third-order valence-electron chi connectivity index (χ3n) is 0.952. The fourth-order valence-electron chi connectivity index (χ4n) is 0.529. The first-order chi connectivity index (χ1) is 4.30. The van der Waals surface area contributed by atoms with E-state index >= 15 is 0 Å². The molecule has 0 saturated heterocycles. The van der Waals surface area contributed by atoms with E-state index in [1.807, 2.05) is 0 Å². The van der Waals surface area contributed by atoms with Crippen molar-refractivity contribution in [2.45, 2.75) is 0 Å². The first kappa shape index (κ1) is 9.77. The molecule has 0 radical (unpaired) electrons. The molecule has 0 aromatic carbocycles. The van der Waals surface area contributed by atoms with E-state index in [-0.39, 0.29) is 25.4 Å². The third-order valence-corrected chi connectivity index (χ3v) is 0.952. The van der Waals surface area contributed by atoms with Gasteiger partial charge < -0.3 is 10.0 Å². The monoisotopic (exact) mass is 315 g/mol. The molecule has 0 unspecified atom stereocenters. The predicted molar refractivity (Wildman–Crippen MR) is 34.1 cm³/mol. The van der Waals surface area contributed by atoms with Crippen LogP contribution in [0.25, 0.3) is 0 Å². The molecule has 0 aliphatic heterocycles. The van der Waals surface area contributed by atoms with Crippen molar-refractivity contribution in [1.82, 2.24) is 4.98 Å². The van der Waals surface area contributed by atoms with Crippen molar-refractivity contribution >= 4 is 12.7 Å². The Morgan fingerprint density at radius 3 is 2.30 bits per heavy atom. The molecule has 0 fully saturated rings. The zero-order valence-electron chi connectivity index (χ0n) is 5.08. The van der Waals surface area contributed by atoms with Crippen LogP contribution >= 0.6 is 0 Å². The summed E-state index contributed by atoms with van der Waals surface area (Å²) in [5, 5.41) is 17.0. The molecule has 1 aromatic heterocycles. The largest absolute Gasteiger partial charge is 0.508 e. The predicted octanol–water partition coefficient (Wildman–Crippen LogP) is -1.24. The van der Waals surface area contributed by atoms with Crippen LogP contribution in [0.5, 0.6) is 0 Å². The number of hydrogen-bond donors (Lipinski definition) is 2. The number of aromatic nitrogens is 1. The van der Waals surface area contributed by atoms with E-state index < -0.39 is 7.12 Å². The minimum absolute atomic E-state index is 0. The Labute approximate surface area is 72.3 Å². The van der Waals surface area contributed by atoms with Crippen LogP contribution in [-0.2, 0) is 19.8 Å². The molecule has 0 spiro atoms. The zero-order valence-corrected chi connectivity index (χ0v) is 7.62. The van der Waals surface area contributed by atoms with Gasteiger partial charge in [-0.05, 0) is 12.1 Å². The van der Waals surface area contributed by atoms with Crippen molar-refractivity contribution < 1.29 is 29.8 Å². The molecule has 0 bridgehead atoms. The second kappa shape index (κ2) is 4.57. The van der Waals surface area contributed by atoms with Gasteiger partial charge >= 0.3 is 7.12 Å². The van der Waals surface area contributed by atoms with Crippen molar-refractivity contribution in [1.29, 1.82) is 0 Å². The van der Waals surface area contributed by atoms with Crippen LogP contribution in [0, 0.1) is 0 Å². The van der Waals surface area contributed by atoms with E-state index in [0.29, 0.717) is 0 Å². The van der Waals surface area contributed by atoms with E-state index in [2.05, 4.69) is 4.98 Å². The molecule has 0 aliphatic rings. The molecule has 54 valence electrons. The van der Waals surface area contributed by atoms with Gasteiger partial charge in [-0.3, -0.25) is 4.98 Å². The molecular weight excluding hydrogens is 307 g/mol. The summed E-state index contributed by atoms with van der Waals surface area (Å²) in [7, 11) is -1.45. The van der Waals surface area contributed by atoms with Crippen molar-refractivity contribution in [3.8, 4) is 0 Å². The average Bonchev–Trinajstić information content (AvgIpc) is 1.90. The molecule has 10 heavy (non-hydrogen) atoms. The zero-order chi connectivity index (χ0) is 6.69. The molecule has 5 heteroatoms. The standard InChI is InChI=1S/C5H6BNO2.Os/c8-6(9)5-3-1-2-4-7-5;/h1-4,8-9H;. The smallest absolute Gasteiger partial charge is 0.422 e. The van der Waals surface area contributed by atoms with Crippen LogP contribution in [0.2, 0.25) is 0 Å². The Hall–Kier alpha value is -0.229. The van der Waals surface area contributed by atoms with Crippen LogP contribution in [0.1, 0.15) is 0 Å². The maximum atomic E-state index is 8.52. The van der Waals surface area contributed by atoms with Gasteiger partial charge in [-0.1, -0.05) is 6.07 Å². The first-order valence-electron chi connectivity index (χ1n) is 2.58. The first-order valence-corrected chi connectivity index (χ1v) is 2.58. The Kier molecular flexibility index (Phi) is 4.46. The van der Waals surface area contributed by atoms with Crippen LogP contribution < -0.4 is 5.59 Å². The van der Waals surface area contributed by atoms with Gasteiger partial charge in [-0.15, -0.1) is 0 Å². The van der Waals surface area contributed by atoms with E-state index in [4.69, 9.17) is 10.0 Å². The van der Waals surface area contributed by atoms with Gasteiger partial charge in [0.25, 0.3) is 0 Å². The number of hydrogen-bond acceptors (Lipinski definition) is 3. The maximum absolute atomic E-state index is 8.52. The Bertz CT molecular complexity index is 182. The Balaban J connectivity index is 0.000000810. The summed E-state index contributed by atoms with van der Waals surface area (Å²) < 4.78 is 0. The minimum Gasteiger partial charge on any atom is -0.422 e. The summed E-state index contributed by atoms with van der Waals surface area (Å²) in [4.78, 5) is 3.68. The summed E-state index contributed by atoms with van der Waals surface area (Å²) in [6, 6.07) is 4.96. The third kappa shape index (κ3) is 2.57. The van der Waals surface area contributed by atoms with E-state index in [1.165, 1.54) is 6.20 Å². The van der Waals surface area contributed by atoms with Crippen LogP contribution in [0.4, 0.5) is 0 Å². The van der Waals surface area contributed by atoms with Crippen molar-refractivity contribution in [2.24, 2.45) is 0 Å². The van der Waals surface area contributed by atoms with Gasteiger partial charge in [-0.25, -0.2) is 0 Å². The maximum Gasteiger partial charge on any atom is 0.508 e. The molecule has 1 rings (SSSR count). The van der Waals surface area contributed by atoms with Crippen LogP contribution in [0.3, 0.4) is 0 Å². The van der Waals surface area contributed by atoms with Gasteiger partial charge in [0.15, 0.2) is 0 Å². The Morgan fingerprint density at radius 1 is 1.30 bits per heavy atom.